The Hall–Kier alpha value is -2.74. The third-order valence-electron chi connectivity index (χ3n) is 6.24. The van der Waals surface area contributed by atoms with Gasteiger partial charge in [-0.2, -0.15) is 0 Å². The summed E-state index contributed by atoms with van der Waals surface area (Å²) in [5.74, 6) is 0. The molecule has 0 aliphatic heterocycles. The number of nitrogens with zero attached hydrogens (tertiary/aromatic N) is 1. The minimum Gasteiger partial charge on any atom is -0.382 e. The number of rotatable bonds is 3. The van der Waals surface area contributed by atoms with Gasteiger partial charge in [0.2, 0.25) is 0 Å². The molecule has 0 N–H and O–H groups in total. The van der Waals surface area contributed by atoms with Gasteiger partial charge in [-0.15, -0.1) is 0 Å². The molecule has 0 bridgehead atoms. The second-order valence-electron chi connectivity index (χ2n) is 8.76. The minimum absolute atomic E-state index is 0.162. The van der Waals surface area contributed by atoms with Crippen LogP contribution in [0.15, 0.2) is 54.7 Å². The molecule has 0 aliphatic rings. The number of hydrogen-bond acceptors (Lipinski definition) is 0. The first-order valence-electron chi connectivity index (χ1n) is 10.5. The number of aryl methyl sites for hydroxylation is 7. The van der Waals surface area contributed by atoms with Gasteiger partial charge in [-0.3, -0.25) is 0 Å². The van der Waals surface area contributed by atoms with Crippen molar-refractivity contribution in [3.63, 3.8) is 0 Å². The molecule has 0 saturated heterocycles. The Balaban J connectivity index is 2.12. The molecule has 0 atom stereocenters. The van der Waals surface area contributed by atoms with Crippen LogP contribution in [0.25, 0.3) is 10.9 Å². The summed E-state index contributed by atoms with van der Waals surface area (Å²) in [5, 5.41) is 1.34. The van der Waals surface area contributed by atoms with E-state index >= 15 is 0 Å². The number of hydrogen-bond donors (Lipinski definition) is 0. The second kappa shape index (κ2) is 7.26. The van der Waals surface area contributed by atoms with Gasteiger partial charge in [-0.25, -0.2) is 0 Å². The van der Waals surface area contributed by atoms with Crippen LogP contribution in [0.3, 0.4) is 0 Å². The van der Waals surface area contributed by atoms with Gasteiger partial charge < -0.3 is 4.48 Å². The maximum absolute atomic E-state index is 2.50. The van der Waals surface area contributed by atoms with Gasteiger partial charge in [0.25, 0.3) is 0 Å². The molecule has 3 aromatic carbocycles. The zero-order valence-corrected chi connectivity index (χ0v) is 18.7. The van der Waals surface area contributed by atoms with Gasteiger partial charge in [0.1, 0.15) is 0 Å². The molecule has 29 heavy (non-hydrogen) atoms. The Bertz CT molecular complexity index is 1130. The van der Waals surface area contributed by atoms with Crippen LogP contribution in [-0.4, -0.2) is 11.3 Å². The molecule has 1 heterocycles. The number of para-hydroxylation sites is 1. The van der Waals surface area contributed by atoms with Crippen LogP contribution in [0.4, 0.5) is 0 Å². The van der Waals surface area contributed by atoms with E-state index in [1.165, 1.54) is 60.8 Å². The average molecular weight is 379 g/mol. The molecule has 0 spiro atoms. The molecule has 0 saturated carbocycles. The second-order valence-corrected chi connectivity index (χ2v) is 8.76. The summed E-state index contributed by atoms with van der Waals surface area (Å²) >= 11 is 0. The Morgan fingerprint density at radius 3 is 1.52 bits per heavy atom. The first-order chi connectivity index (χ1) is 13.8. The van der Waals surface area contributed by atoms with Crippen LogP contribution in [-0.2, 0) is 0 Å². The van der Waals surface area contributed by atoms with Crippen LogP contribution in [0, 0.1) is 48.5 Å². The zero-order valence-electron chi connectivity index (χ0n) is 18.7. The summed E-state index contributed by atoms with van der Waals surface area (Å²) in [5.41, 5.74) is 13.6. The normalized spacial score (nSPS) is 11.3. The van der Waals surface area contributed by atoms with Crippen LogP contribution in [0.5, 0.6) is 0 Å². The monoisotopic (exact) mass is 379 g/mol. The minimum atomic E-state index is 0.162. The molecule has 146 valence electrons. The lowest BCUT2D eigenvalue weighted by atomic mass is 9.46. The van der Waals surface area contributed by atoms with Gasteiger partial charge in [0.05, 0.1) is 0 Å². The molecular weight excluding hydrogens is 349 g/mol. The fraction of sp³-hybridized carbons (Fsp3) is 0.259. The first-order valence-corrected chi connectivity index (χ1v) is 10.5. The van der Waals surface area contributed by atoms with Gasteiger partial charge in [-0.1, -0.05) is 75.8 Å². The van der Waals surface area contributed by atoms with E-state index in [1.54, 1.807) is 0 Å². The molecule has 4 aromatic rings. The smallest absolute Gasteiger partial charge is 0.328 e. The highest BCUT2D eigenvalue weighted by Crippen LogP contribution is 2.23. The lowest BCUT2D eigenvalue weighted by molar-refractivity contribution is 1.23. The van der Waals surface area contributed by atoms with E-state index in [0.717, 1.165) is 0 Å². The molecule has 0 radical (unpaired) electrons. The van der Waals surface area contributed by atoms with Crippen LogP contribution in [0.1, 0.15) is 38.9 Å². The lowest BCUT2D eigenvalue weighted by Gasteiger charge is -2.25. The van der Waals surface area contributed by atoms with Crippen molar-refractivity contribution in [1.29, 1.82) is 0 Å². The largest absolute Gasteiger partial charge is 0.382 e. The fourth-order valence-corrected chi connectivity index (χ4v) is 5.26. The summed E-state index contributed by atoms with van der Waals surface area (Å²) in [4.78, 5) is 0. The Morgan fingerprint density at radius 1 is 0.586 bits per heavy atom. The van der Waals surface area contributed by atoms with Crippen LogP contribution >= 0.6 is 0 Å². The van der Waals surface area contributed by atoms with E-state index in [-0.39, 0.29) is 6.85 Å². The van der Waals surface area contributed by atoms with Crippen LogP contribution in [0.2, 0.25) is 0 Å². The van der Waals surface area contributed by atoms with Gasteiger partial charge in [-0.05, 0) is 77.2 Å². The predicted octanol–water partition coefficient (Wildman–Crippen LogP) is 5.45. The maximum Gasteiger partial charge on any atom is 0.328 e. The lowest BCUT2D eigenvalue weighted by Crippen LogP contribution is -2.52. The Labute approximate surface area is 175 Å². The van der Waals surface area contributed by atoms with Gasteiger partial charge in [0.15, 0.2) is 0 Å². The summed E-state index contributed by atoms with van der Waals surface area (Å²) in [6.07, 6.45) is 2.34. The van der Waals surface area contributed by atoms with Gasteiger partial charge in [0, 0.05) is 10.9 Å². The van der Waals surface area contributed by atoms with Crippen molar-refractivity contribution in [2.45, 2.75) is 48.5 Å². The van der Waals surface area contributed by atoms with Crippen LogP contribution < -0.4 is 10.9 Å². The van der Waals surface area contributed by atoms with Crippen molar-refractivity contribution >= 4 is 28.7 Å². The average Bonchev–Trinajstić information content (AvgIpc) is 2.96. The van der Waals surface area contributed by atoms with E-state index < -0.39 is 0 Å². The summed E-state index contributed by atoms with van der Waals surface area (Å²) < 4.78 is 2.50. The van der Waals surface area contributed by atoms with Crippen molar-refractivity contribution in [3.8, 4) is 0 Å². The van der Waals surface area contributed by atoms with Gasteiger partial charge >= 0.3 is 6.85 Å². The van der Waals surface area contributed by atoms with E-state index in [1.807, 2.05) is 0 Å². The Kier molecular flexibility index (Phi) is 4.90. The maximum atomic E-state index is 2.50. The highest BCUT2D eigenvalue weighted by Gasteiger charge is 2.30. The first kappa shape index (κ1) is 19.6. The van der Waals surface area contributed by atoms with Crippen molar-refractivity contribution in [2.75, 3.05) is 0 Å². The number of fused-ring (bicyclic) bond motifs is 1. The SMILES string of the molecule is Cc1cc(C)c(B(c2c(C)cc(C)cc2C)n2cc(C)c3ccccc32)c(C)c1. The van der Waals surface area contributed by atoms with E-state index in [2.05, 4.69) is 108 Å². The molecule has 0 aliphatic carbocycles. The third-order valence-corrected chi connectivity index (χ3v) is 6.24. The molecule has 2 heteroatoms. The molecule has 1 aromatic heterocycles. The molecule has 4 rings (SSSR count). The number of benzene rings is 3. The van der Waals surface area contributed by atoms with Crippen molar-refractivity contribution in [3.05, 3.63) is 93.7 Å². The summed E-state index contributed by atoms with van der Waals surface area (Å²) in [6, 6.07) is 18.1. The molecular formula is C27H30BN. The predicted molar refractivity (Wildman–Crippen MR) is 128 cm³/mol. The van der Waals surface area contributed by atoms with E-state index in [0.29, 0.717) is 0 Å². The highest BCUT2D eigenvalue weighted by molar-refractivity contribution is 6.85. The molecule has 0 fully saturated rings. The summed E-state index contributed by atoms with van der Waals surface area (Å²) in [7, 11) is 0. The molecule has 0 amide bonds. The highest BCUT2D eigenvalue weighted by atomic mass is 14.9. The summed E-state index contributed by atoms with van der Waals surface area (Å²) in [6.45, 7) is 15.8. The fourth-order valence-electron chi connectivity index (χ4n) is 5.26. The number of aromatic nitrogens is 1. The Morgan fingerprint density at radius 2 is 1.03 bits per heavy atom. The molecule has 0 unspecified atom stereocenters. The quantitative estimate of drug-likeness (QED) is 0.417. The van der Waals surface area contributed by atoms with E-state index in [9.17, 15) is 0 Å². The van der Waals surface area contributed by atoms with Crippen molar-refractivity contribution in [1.82, 2.24) is 4.48 Å². The van der Waals surface area contributed by atoms with E-state index in [4.69, 9.17) is 0 Å². The van der Waals surface area contributed by atoms with Crippen molar-refractivity contribution in [2.24, 2.45) is 0 Å². The van der Waals surface area contributed by atoms with Crippen molar-refractivity contribution < 1.29 is 0 Å². The zero-order chi connectivity index (χ0) is 20.9. The third kappa shape index (κ3) is 3.31. The standard InChI is InChI=1S/C27H30BN/c1-17-12-19(3)26(20(4)13-17)28(27-21(5)14-18(2)15-22(27)6)29-16-23(7)24-10-8-9-11-25(24)29/h8-16H,1-7H3. The topological polar surface area (TPSA) is 4.93 Å². The molecule has 1 nitrogen and oxygen atoms in total.